The SMILES string of the molecule is CCCC(I)(C12CC3CC(CC(C3)C1)C2)C12CC3CC(CC(C3)C1)C2.P. The maximum atomic E-state index is 3.17. The highest BCUT2D eigenvalue weighted by Gasteiger charge is 2.68. The van der Waals surface area contributed by atoms with Crippen LogP contribution in [0.2, 0.25) is 0 Å². The van der Waals surface area contributed by atoms with Gasteiger partial charge in [0.15, 0.2) is 0 Å². The number of hydrogen-bond donors (Lipinski definition) is 0. The zero-order valence-electron chi connectivity index (χ0n) is 16.9. The van der Waals surface area contributed by atoms with E-state index in [1.807, 2.05) is 0 Å². The average Bonchev–Trinajstić information content (AvgIpc) is 2.52. The van der Waals surface area contributed by atoms with Gasteiger partial charge < -0.3 is 0 Å². The Labute approximate surface area is 178 Å². The van der Waals surface area contributed by atoms with Gasteiger partial charge in [-0.25, -0.2) is 0 Å². The highest BCUT2D eigenvalue weighted by molar-refractivity contribution is 14.1. The molecule has 0 radical (unpaired) electrons. The van der Waals surface area contributed by atoms with Crippen molar-refractivity contribution in [1.29, 1.82) is 0 Å². The quantitative estimate of drug-likeness (QED) is 0.220. The Balaban J connectivity index is 0.00000150. The van der Waals surface area contributed by atoms with Crippen molar-refractivity contribution in [3.05, 3.63) is 0 Å². The van der Waals surface area contributed by atoms with Crippen LogP contribution >= 0.6 is 32.5 Å². The van der Waals surface area contributed by atoms with Crippen molar-refractivity contribution in [3.63, 3.8) is 0 Å². The summed E-state index contributed by atoms with van der Waals surface area (Å²) >= 11 is 3.17. The van der Waals surface area contributed by atoms with Crippen molar-refractivity contribution in [2.75, 3.05) is 0 Å². The van der Waals surface area contributed by atoms with E-state index >= 15 is 0 Å². The Bertz CT molecular complexity index is 452. The fourth-order valence-corrected chi connectivity index (χ4v) is 12.5. The van der Waals surface area contributed by atoms with E-state index in [9.17, 15) is 0 Å². The summed E-state index contributed by atoms with van der Waals surface area (Å²) in [4.78, 5) is 0. The van der Waals surface area contributed by atoms with E-state index in [0.717, 1.165) is 46.3 Å². The molecule has 8 aliphatic carbocycles. The van der Waals surface area contributed by atoms with Crippen molar-refractivity contribution >= 4 is 32.5 Å². The minimum Gasteiger partial charge on any atom is -0.153 e. The maximum absolute atomic E-state index is 3.17. The van der Waals surface area contributed by atoms with Crippen molar-refractivity contribution in [3.8, 4) is 0 Å². The molecule has 8 aliphatic rings. The lowest BCUT2D eigenvalue weighted by atomic mass is 9.37. The van der Waals surface area contributed by atoms with E-state index in [4.69, 9.17) is 0 Å². The van der Waals surface area contributed by atoms with Gasteiger partial charge in [-0.05, 0) is 130 Å². The Morgan fingerprint density at radius 3 is 1.15 bits per heavy atom. The van der Waals surface area contributed by atoms with Gasteiger partial charge in [-0.1, -0.05) is 35.9 Å². The van der Waals surface area contributed by atoms with Gasteiger partial charge in [-0.3, -0.25) is 0 Å². The number of rotatable bonds is 4. The predicted molar refractivity (Wildman–Crippen MR) is 124 cm³/mol. The standard InChI is InChI=1S/C24H37I.H3P/c1-2-3-24(25,22-10-16-4-17(11-22)6-18(5-16)12-22)23-13-19-7-20(14-23)9-21(8-19)15-23;/h16-21H,2-15H2,1H3;1H3. The fraction of sp³-hybridized carbons (Fsp3) is 1.00. The molecule has 0 amide bonds. The molecule has 26 heavy (non-hydrogen) atoms. The summed E-state index contributed by atoms with van der Waals surface area (Å²) in [5, 5.41) is 0. The minimum atomic E-state index is 0. The Morgan fingerprint density at radius 1 is 0.654 bits per heavy atom. The summed E-state index contributed by atoms with van der Waals surface area (Å²) in [5.41, 5.74) is 1.48. The topological polar surface area (TPSA) is 0 Å². The second-order valence-electron chi connectivity index (χ2n) is 11.9. The van der Waals surface area contributed by atoms with Crippen molar-refractivity contribution < 1.29 is 0 Å². The fourth-order valence-electron chi connectivity index (χ4n) is 10.6. The summed E-state index contributed by atoms with van der Waals surface area (Å²) in [7, 11) is 0. The van der Waals surface area contributed by atoms with Gasteiger partial charge in [-0.15, -0.1) is 0 Å². The third kappa shape index (κ3) is 2.47. The maximum Gasteiger partial charge on any atom is 0.0335 e. The Hall–Kier alpha value is 1.16. The molecule has 1 unspecified atom stereocenters. The zero-order valence-corrected chi connectivity index (χ0v) is 20.5. The molecular formula is C24H40IP. The normalized spacial score (nSPS) is 55.6. The first-order chi connectivity index (χ1) is 12.0. The van der Waals surface area contributed by atoms with Gasteiger partial charge in [0, 0.05) is 3.42 Å². The smallest absolute Gasteiger partial charge is 0.0335 e. The van der Waals surface area contributed by atoms with Gasteiger partial charge in [0.05, 0.1) is 0 Å². The highest BCUT2D eigenvalue weighted by atomic mass is 127. The second kappa shape index (κ2) is 6.33. The van der Waals surface area contributed by atoms with E-state index in [0.29, 0.717) is 3.42 Å². The number of halogens is 1. The summed E-state index contributed by atoms with van der Waals surface area (Å²) in [6.07, 6.45) is 22.4. The van der Waals surface area contributed by atoms with Crippen molar-refractivity contribution in [2.24, 2.45) is 46.3 Å². The average molecular weight is 486 g/mol. The van der Waals surface area contributed by atoms with Crippen LogP contribution in [0.15, 0.2) is 0 Å². The summed E-state index contributed by atoms with van der Waals surface area (Å²) < 4.78 is 0.637. The lowest BCUT2D eigenvalue weighted by Gasteiger charge is -2.71. The Morgan fingerprint density at radius 2 is 0.923 bits per heavy atom. The molecule has 0 spiro atoms. The van der Waals surface area contributed by atoms with Crippen LogP contribution in [-0.2, 0) is 0 Å². The van der Waals surface area contributed by atoms with Crippen molar-refractivity contribution in [1.82, 2.24) is 0 Å². The Kier molecular flexibility index (Phi) is 4.66. The number of alkyl halides is 1. The van der Waals surface area contributed by atoms with Crippen LogP contribution in [0, 0.1) is 46.3 Å². The zero-order chi connectivity index (χ0) is 16.9. The van der Waals surface area contributed by atoms with E-state index < -0.39 is 0 Å². The molecule has 8 fully saturated rings. The van der Waals surface area contributed by atoms with Gasteiger partial charge >= 0.3 is 0 Å². The summed E-state index contributed by atoms with van der Waals surface area (Å²) in [6.45, 7) is 2.49. The van der Waals surface area contributed by atoms with E-state index in [1.165, 1.54) is 12.8 Å². The molecule has 0 aromatic carbocycles. The van der Waals surface area contributed by atoms with Crippen molar-refractivity contribution in [2.45, 2.75) is 100 Å². The first kappa shape index (κ1) is 19.1. The highest BCUT2D eigenvalue weighted by Crippen LogP contribution is 2.76. The molecule has 0 saturated heterocycles. The van der Waals surface area contributed by atoms with E-state index in [-0.39, 0.29) is 9.90 Å². The molecule has 0 aliphatic heterocycles. The molecule has 8 bridgehead atoms. The van der Waals surface area contributed by atoms with E-state index in [1.54, 1.807) is 77.0 Å². The predicted octanol–water partition coefficient (Wildman–Crippen LogP) is 7.45. The summed E-state index contributed by atoms with van der Waals surface area (Å²) in [5.74, 6) is 6.70. The van der Waals surface area contributed by atoms with Crippen LogP contribution < -0.4 is 0 Å². The molecule has 1 atom stereocenters. The molecular weight excluding hydrogens is 446 g/mol. The molecule has 148 valence electrons. The van der Waals surface area contributed by atoms with Crippen LogP contribution in [0.1, 0.15) is 96.8 Å². The number of hydrogen-bond acceptors (Lipinski definition) is 0. The van der Waals surface area contributed by atoms with Gasteiger partial charge in [0.2, 0.25) is 0 Å². The summed E-state index contributed by atoms with van der Waals surface area (Å²) in [6, 6.07) is 0. The third-order valence-corrected chi connectivity index (χ3v) is 13.2. The lowest BCUT2D eigenvalue weighted by Crippen LogP contribution is -2.65. The van der Waals surface area contributed by atoms with Crippen LogP contribution in [-0.4, -0.2) is 3.42 Å². The van der Waals surface area contributed by atoms with Crippen LogP contribution in [0.3, 0.4) is 0 Å². The second-order valence-corrected chi connectivity index (χ2v) is 13.8. The first-order valence-corrected chi connectivity index (χ1v) is 12.8. The molecule has 0 N–H and O–H groups in total. The van der Waals surface area contributed by atoms with Gasteiger partial charge in [-0.2, -0.15) is 9.90 Å². The monoisotopic (exact) mass is 486 g/mol. The van der Waals surface area contributed by atoms with Crippen LogP contribution in [0.4, 0.5) is 0 Å². The molecule has 8 rings (SSSR count). The molecule has 8 saturated carbocycles. The van der Waals surface area contributed by atoms with Crippen LogP contribution in [0.5, 0.6) is 0 Å². The molecule has 2 heteroatoms. The molecule has 0 aromatic rings. The third-order valence-electron chi connectivity index (χ3n) is 10.4. The van der Waals surface area contributed by atoms with Gasteiger partial charge in [0.1, 0.15) is 0 Å². The van der Waals surface area contributed by atoms with Gasteiger partial charge in [0.25, 0.3) is 0 Å². The van der Waals surface area contributed by atoms with E-state index in [2.05, 4.69) is 29.5 Å². The van der Waals surface area contributed by atoms with Crippen LogP contribution in [0.25, 0.3) is 0 Å². The molecule has 0 aromatic heterocycles. The minimum absolute atomic E-state index is 0. The lowest BCUT2D eigenvalue weighted by molar-refractivity contribution is -0.150. The molecule has 0 heterocycles. The largest absolute Gasteiger partial charge is 0.153 e. The molecule has 0 nitrogen and oxygen atoms in total. The first-order valence-electron chi connectivity index (χ1n) is 11.7.